The minimum atomic E-state index is -1.30. The van der Waals surface area contributed by atoms with Gasteiger partial charge >= 0.3 is 5.97 Å². The van der Waals surface area contributed by atoms with Gasteiger partial charge in [0.1, 0.15) is 5.94 Å². The summed E-state index contributed by atoms with van der Waals surface area (Å²) in [6, 6.07) is 6.56. The number of benzene rings is 1. The van der Waals surface area contributed by atoms with Gasteiger partial charge in [0.05, 0.1) is 21.4 Å². The van der Waals surface area contributed by atoms with Crippen molar-refractivity contribution in [1.29, 1.82) is 0 Å². The van der Waals surface area contributed by atoms with Gasteiger partial charge in [-0.15, -0.1) is 0 Å². The monoisotopic (exact) mass is 322 g/mol. The standard InChI is InChI=1S/C14H8Cl2N2O3/c15-9-11(17)10(16)13(14(20)21)18-12(9)8-3-1-7(2-4-8)5-6-19/h1-5H,(H2,17,18)(H,20,21). The Morgan fingerprint density at radius 3 is 2.38 bits per heavy atom. The van der Waals surface area contributed by atoms with Gasteiger partial charge in [0.15, 0.2) is 5.69 Å². The molecule has 0 saturated heterocycles. The van der Waals surface area contributed by atoms with Crippen LogP contribution in [0.1, 0.15) is 16.1 Å². The number of aromatic carboxylic acids is 1. The zero-order valence-electron chi connectivity index (χ0n) is 10.4. The molecule has 0 fully saturated rings. The molecule has 0 aliphatic heterocycles. The Bertz CT molecular complexity index is 767. The average Bonchev–Trinajstić information content (AvgIpc) is 2.46. The third kappa shape index (κ3) is 2.90. The first-order chi connectivity index (χ1) is 9.95. The molecule has 3 N–H and O–H groups in total. The molecule has 1 aromatic heterocycles. The minimum absolute atomic E-state index is 0.0439. The topological polar surface area (TPSA) is 93.3 Å². The minimum Gasteiger partial charge on any atom is -0.476 e. The number of aromatic nitrogens is 1. The van der Waals surface area contributed by atoms with Gasteiger partial charge in [-0.05, 0) is 5.56 Å². The van der Waals surface area contributed by atoms with E-state index in [4.69, 9.17) is 34.0 Å². The predicted molar refractivity (Wildman–Crippen MR) is 81.2 cm³/mol. The Labute approximate surface area is 129 Å². The molecule has 0 spiro atoms. The van der Waals surface area contributed by atoms with E-state index >= 15 is 0 Å². The fourth-order valence-corrected chi connectivity index (χ4v) is 2.21. The number of carbonyl (C=O) groups excluding carboxylic acids is 1. The molecule has 0 aliphatic rings. The summed E-state index contributed by atoms with van der Waals surface area (Å²) in [4.78, 5) is 25.3. The van der Waals surface area contributed by atoms with Crippen LogP contribution >= 0.6 is 23.2 Å². The summed E-state index contributed by atoms with van der Waals surface area (Å²) in [6.07, 6.45) is 1.26. The highest BCUT2D eigenvalue weighted by atomic mass is 35.5. The first kappa shape index (κ1) is 15.1. The van der Waals surface area contributed by atoms with Crippen LogP contribution in [0.15, 0.2) is 24.3 Å². The zero-order chi connectivity index (χ0) is 15.6. The molecule has 1 aromatic carbocycles. The quantitative estimate of drug-likeness (QED) is 0.846. The summed E-state index contributed by atoms with van der Waals surface area (Å²) in [5, 5.41) is 8.95. The average molecular weight is 323 g/mol. The van der Waals surface area contributed by atoms with Gasteiger partial charge in [0.25, 0.3) is 0 Å². The first-order valence-electron chi connectivity index (χ1n) is 5.64. The van der Waals surface area contributed by atoms with E-state index in [1.54, 1.807) is 30.2 Å². The summed E-state index contributed by atoms with van der Waals surface area (Å²) in [5.41, 5.74) is 6.70. The Kier molecular flexibility index (Phi) is 4.29. The molecule has 0 amide bonds. The van der Waals surface area contributed by atoms with Crippen molar-refractivity contribution in [2.75, 3.05) is 5.73 Å². The van der Waals surface area contributed by atoms with Crippen molar-refractivity contribution in [3.8, 4) is 11.3 Å². The highest BCUT2D eigenvalue weighted by Gasteiger charge is 2.20. The molecule has 21 heavy (non-hydrogen) atoms. The van der Waals surface area contributed by atoms with E-state index in [-0.39, 0.29) is 27.1 Å². The SMILES string of the molecule is Nc1c(Cl)c(C(=O)O)nc(-c2ccc(C=C=O)cc2)c1Cl. The number of nitrogen functional groups attached to an aromatic ring is 1. The molecule has 5 nitrogen and oxygen atoms in total. The molecule has 7 heteroatoms. The van der Waals surface area contributed by atoms with E-state index in [0.29, 0.717) is 11.1 Å². The number of rotatable bonds is 3. The second kappa shape index (κ2) is 5.97. The Morgan fingerprint density at radius 2 is 1.86 bits per heavy atom. The largest absolute Gasteiger partial charge is 0.476 e. The normalized spacial score (nSPS) is 10.0. The van der Waals surface area contributed by atoms with Crippen molar-refractivity contribution in [1.82, 2.24) is 4.98 Å². The third-order valence-electron chi connectivity index (χ3n) is 2.72. The van der Waals surface area contributed by atoms with Crippen LogP contribution in [-0.2, 0) is 4.79 Å². The number of carboxylic acid groups (broad SMARTS) is 1. The molecular formula is C14H8Cl2N2O3. The smallest absolute Gasteiger partial charge is 0.356 e. The zero-order valence-corrected chi connectivity index (χ0v) is 11.9. The van der Waals surface area contributed by atoms with Crippen molar-refractivity contribution in [3.63, 3.8) is 0 Å². The van der Waals surface area contributed by atoms with Crippen LogP contribution in [0, 0.1) is 0 Å². The number of carbonyl (C=O) groups is 1. The lowest BCUT2D eigenvalue weighted by Gasteiger charge is -2.10. The maximum absolute atomic E-state index is 11.1. The summed E-state index contributed by atoms with van der Waals surface area (Å²) in [7, 11) is 0. The van der Waals surface area contributed by atoms with E-state index in [2.05, 4.69) is 4.98 Å². The van der Waals surface area contributed by atoms with Gasteiger partial charge in [-0.25, -0.2) is 14.6 Å². The lowest BCUT2D eigenvalue weighted by atomic mass is 10.1. The fraction of sp³-hybridized carbons (Fsp3) is 0. The number of nitrogens with zero attached hydrogens (tertiary/aromatic N) is 1. The Morgan fingerprint density at radius 1 is 1.24 bits per heavy atom. The van der Waals surface area contributed by atoms with Gasteiger partial charge in [-0.3, -0.25) is 0 Å². The van der Waals surface area contributed by atoms with Crippen LogP contribution < -0.4 is 5.73 Å². The molecule has 0 radical (unpaired) electrons. The fourth-order valence-electron chi connectivity index (χ4n) is 1.70. The van der Waals surface area contributed by atoms with Crippen molar-refractivity contribution in [2.24, 2.45) is 0 Å². The molecule has 0 bridgehead atoms. The molecule has 2 aromatic rings. The van der Waals surface area contributed by atoms with Crippen molar-refractivity contribution in [3.05, 3.63) is 45.6 Å². The number of carboxylic acids is 1. The molecule has 0 saturated carbocycles. The number of anilines is 1. The summed E-state index contributed by atoms with van der Waals surface area (Å²) in [6.45, 7) is 0. The van der Waals surface area contributed by atoms with Gasteiger partial charge in [-0.2, -0.15) is 0 Å². The van der Waals surface area contributed by atoms with Crippen molar-refractivity contribution >= 4 is 46.9 Å². The second-order valence-corrected chi connectivity index (χ2v) is 4.80. The van der Waals surface area contributed by atoms with E-state index in [0.717, 1.165) is 0 Å². The highest BCUT2D eigenvalue weighted by Crippen LogP contribution is 2.37. The maximum atomic E-state index is 11.1. The molecule has 1 heterocycles. The van der Waals surface area contributed by atoms with Gasteiger partial charge in [-0.1, -0.05) is 47.5 Å². The lowest BCUT2D eigenvalue weighted by Crippen LogP contribution is -2.06. The Balaban J connectivity index is 2.63. The number of hydrogen-bond acceptors (Lipinski definition) is 4. The molecule has 0 atom stereocenters. The van der Waals surface area contributed by atoms with Crippen LogP contribution in [0.5, 0.6) is 0 Å². The Hall–Kier alpha value is -2.33. The number of pyridine rings is 1. The summed E-state index contributed by atoms with van der Waals surface area (Å²) in [5.74, 6) is 0.363. The number of hydrogen-bond donors (Lipinski definition) is 2. The first-order valence-corrected chi connectivity index (χ1v) is 6.40. The van der Waals surface area contributed by atoms with Gasteiger partial charge in [0.2, 0.25) is 0 Å². The lowest BCUT2D eigenvalue weighted by molar-refractivity contribution is 0.0691. The van der Waals surface area contributed by atoms with E-state index in [9.17, 15) is 9.59 Å². The molecule has 0 aliphatic carbocycles. The molecule has 106 valence electrons. The van der Waals surface area contributed by atoms with Gasteiger partial charge in [0, 0.05) is 11.6 Å². The number of halogens is 2. The van der Waals surface area contributed by atoms with Crippen LogP contribution in [0.4, 0.5) is 5.69 Å². The van der Waals surface area contributed by atoms with Crippen molar-refractivity contribution in [2.45, 2.75) is 0 Å². The second-order valence-electron chi connectivity index (χ2n) is 4.04. The highest BCUT2D eigenvalue weighted by molar-refractivity contribution is 6.41. The van der Waals surface area contributed by atoms with Gasteiger partial charge < -0.3 is 10.8 Å². The summed E-state index contributed by atoms with van der Waals surface area (Å²) >= 11 is 11.9. The van der Waals surface area contributed by atoms with E-state index < -0.39 is 5.97 Å². The maximum Gasteiger partial charge on any atom is 0.356 e. The summed E-state index contributed by atoms with van der Waals surface area (Å²) < 4.78 is 0. The van der Waals surface area contributed by atoms with Crippen LogP contribution in [0.3, 0.4) is 0 Å². The van der Waals surface area contributed by atoms with E-state index in [1.165, 1.54) is 6.08 Å². The van der Waals surface area contributed by atoms with Crippen molar-refractivity contribution < 1.29 is 14.7 Å². The number of nitrogens with two attached hydrogens (primary N) is 1. The molecule has 2 rings (SSSR count). The predicted octanol–water partition coefficient (Wildman–Crippen LogP) is 3.18. The molecular weight excluding hydrogens is 315 g/mol. The van der Waals surface area contributed by atoms with E-state index in [1.807, 2.05) is 0 Å². The van der Waals surface area contributed by atoms with Crippen LogP contribution in [0.2, 0.25) is 10.0 Å². The van der Waals surface area contributed by atoms with Crippen LogP contribution in [-0.4, -0.2) is 22.0 Å². The molecule has 0 unspecified atom stereocenters. The van der Waals surface area contributed by atoms with Crippen LogP contribution in [0.25, 0.3) is 17.3 Å². The third-order valence-corrected chi connectivity index (χ3v) is 3.49.